The minimum atomic E-state index is -1.43. The van der Waals surface area contributed by atoms with Crippen molar-refractivity contribution in [2.75, 3.05) is 0 Å². The minimum absolute atomic E-state index is 0.216. The van der Waals surface area contributed by atoms with E-state index < -0.39 is 11.0 Å². The molecule has 2 aromatic heterocycles. The summed E-state index contributed by atoms with van der Waals surface area (Å²) in [5.74, 6) is 0. The molecule has 0 radical (unpaired) electrons. The largest absolute Gasteiger partial charge is 0.390 e. The van der Waals surface area contributed by atoms with E-state index in [4.69, 9.17) is 11.6 Å². The first-order valence-corrected chi connectivity index (χ1v) is 7.44. The standard InChI is InChI=1S/C14H11ClN2O2S/c15-14-7-6-13-12(16-14)8-10(9-18)17(13)20(19)11-4-2-1-3-5-11/h1-8,18H,9H2. The monoisotopic (exact) mass is 306 g/mol. The second-order valence-corrected chi connectivity index (χ2v) is 5.91. The highest BCUT2D eigenvalue weighted by atomic mass is 35.5. The first-order valence-electron chi connectivity index (χ1n) is 5.96. The summed E-state index contributed by atoms with van der Waals surface area (Å²) in [6, 6.07) is 14.2. The van der Waals surface area contributed by atoms with Crippen LogP contribution in [0.25, 0.3) is 11.0 Å². The van der Waals surface area contributed by atoms with Crippen LogP contribution in [-0.2, 0) is 17.6 Å². The van der Waals surface area contributed by atoms with Gasteiger partial charge in [-0.05, 0) is 30.3 Å². The predicted octanol–water partition coefficient (Wildman–Crippen LogP) is 2.75. The van der Waals surface area contributed by atoms with Gasteiger partial charge in [0.2, 0.25) is 0 Å². The molecule has 0 aliphatic carbocycles. The van der Waals surface area contributed by atoms with E-state index in [1.165, 1.54) is 0 Å². The summed E-state index contributed by atoms with van der Waals surface area (Å²) in [7, 11) is -1.43. The summed E-state index contributed by atoms with van der Waals surface area (Å²) in [5, 5.41) is 9.83. The average Bonchev–Trinajstić information content (AvgIpc) is 2.84. The molecule has 4 nitrogen and oxygen atoms in total. The van der Waals surface area contributed by atoms with Gasteiger partial charge in [-0.2, -0.15) is 0 Å². The van der Waals surface area contributed by atoms with Gasteiger partial charge in [-0.15, -0.1) is 0 Å². The zero-order chi connectivity index (χ0) is 14.1. The molecule has 0 aliphatic rings. The molecule has 1 N–H and O–H groups in total. The Morgan fingerprint density at radius 1 is 1.20 bits per heavy atom. The quantitative estimate of drug-likeness (QED) is 0.757. The van der Waals surface area contributed by atoms with Crippen molar-refractivity contribution in [3.63, 3.8) is 0 Å². The lowest BCUT2D eigenvalue weighted by Crippen LogP contribution is -2.08. The van der Waals surface area contributed by atoms with Crippen LogP contribution in [-0.4, -0.2) is 18.3 Å². The number of halogens is 1. The molecule has 0 saturated heterocycles. The van der Waals surface area contributed by atoms with Gasteiger partial charge in [-0.1, -0.05) is 29.8 Å². The van der Waals surface area contributed by atoms with Crippen LogP contribution in [0.2, 0.25) is 5.15 Å². The van der Waals surface area contributed by atoms with E-state index in [0.717, 1.165) is 0 Å². The Kier molecular flexibility index (Phi) is 3.56. The highest BCUT2D eigenvalue weighted by Gasteiger charge is 2.16. The Morgan fingerprint density at radius 3 is 2.65 bits per heavy atom. The number of aliphatic hydroxyl groups excluding tert-OH is 1. The number of aromatic nitrogens is 2. The summed E-state index contributed by atoms with van der Waals surface area (Å²) < 4.78 is 14.3. The van der Waals surface area contributed by atoms with Crippen molar-refractivity contribution in [2.45, 2.75) is 11.5 Å². The fourth-order valence-electron chi connectivity index (χ4n) is 2.04. The molecule has 3 rings (SSSR count). The Balaban J connectivity index is 2.22. The second-order valence-electron chi connectivity index (χ2n) is 4.19. The lowest BCUT2D eigenvalue weighted by Gasteiger charge is -2.08. The van der Waals surface area contributed by atoms with E-state index in [2.05, 4.69) is 4.98 Å². The second kappa shape index (κ2) is 5.36. The van der Waals surface area contributed by atoms with Crippen molar-refractivity contribution in [2.24, 2.45) is 0 Å². The topological polar surface area (TPSA) is 55.1 Å². The predicted molar refractivity (Wildman–Crippen MR) is 78.9 cm³/mol. The van der Waals surface area contributed by atoms with Crippen LogP contribution in [0, 0.1) is 0 Å². The maximum Gasteiger partial charge on any atom is 0.157 e. The van der Waals surface area contributed by atoms with Gasteiger partial charge in [0.25, 0.3) is 0 Å². The van der Waals surface area contributed by atoms with E-state index in [1.54, 1.807) is 34.3 Å². The van der Waals surface area contributed by atoms with E-state index in [1.807, 2.05) is 18.2 Å². The third-order valence-corrected chi connectivity index (χ3v) is 4.57. The number of rotatable bonds is 3. The maximum absolute atomic E-state index is 12.7. The van der Waals surface area contributed by atoms with Gasteiger partial charge in [-0.3, -0.25) is 3.97 Å². The lowest BCUT2D eigenvalue weighted by molar-refractivity contribution is 0.276. The van der Waals surface area contributed by atoms with Crippen LogP contribution >= 0.6 is 11.6 Å². The summed E-state index contributed by atoms with van der Waals surface area (Å²) in [4.78, 5) is 4.84. The summed E-state index contributed by atoms with van der Waals surface area (Å²) in [6.07, 6.45) is 0. The zero-order valence-electron chi connectivity index (χ0n) is 10.4. The lowest BCUT2D eigenvalue weighted by atomic mass is 10.4. The molecular weight excluding hydrogens is 296 g/mol. The van der Waals surface area contributed by atoms with E-state index in [-0.39, 0.29) is 6.61 Å². The molecule has 0 bridgehead atoms. The highest BCUT2D eigenvalue weighted by molar-refractivity contribution is 7.83. The van der Waals surface area contributed by atoms with Gasteiger partial charge in [0, 0.05) is 0 Å². The number of benzene rings is 1. The van der Waals surface area contributed by atoms with Crippen molar-refractivity contribution in [1.29, 1.82) is 0 Å². The third kappa shape index (κ3) is 2.24. The first-order chi connectivity index (χ1) is 9.70. The maximum atomic E-state index is 12.7. The molecule has 0 spiro atoms. The number of fused-ring (bicyclic) bond motifs is 1. The SMILES string of the molecule is O=S(c1ccccc1)n1c(CO)cc2nc(Cl)ccc21. The average molecular weight is 307 g/mol. The molecule has 0 fully saturated rings. The molecular formula is C14H11ClN2O2S. The van der Waals surface area contributed by atoms with Crippen molar-refractivity contribution < 1.29 is 9.32 Å². The van der Waals surface area contributed by atoms with Crippen molar-refractivity contribution in [1.82, 2.24) is 8.96 Å². The smallest absolute Gasteiger partial charge is 0.157 e. The van der Waals surface area contributed by atoms with Gasteiger partial charge < -0.3 is 5.11 Å². The minimum Gasteiger partial charge on any atom is -0.390 e. The van der Waals surface area contributed by atoms with Crippen LogP contribution in [0.1, 0.15) is 5.69 Å². The number of aliphatic hydroxyl groups is 1. The molecule has 1 unspecified atom stereocenters. The van der Waals surface area contributed by atoms with Crippen LogP contribution in [0.5, 0.6) is 0 Å². The molecule has 102 valence electrons. The molecule has 2 heterocycles. The molecule has 0 amide bonds. The Bertz CT molecular complexity index is 786. The van der Waals surface area contributed by atoms with Crippen molar-refractivity contribution in [3.8, 4) is 0 Å². The van der Waals surface area contributed by atoms with Gasteiger partial charge >= 0.3 is 0 Å². The normalized spacial score (nSPS) is 12.7. The molecule has 1 aromatic carbocycles. The van der Waals surface area contributed by atoms with Gasteiger partial charge in [0.15, 0.2) is 11.0 Å². The summed E-state index contributed by atoms with van der Waals surface area (Å²) in [5.41, 5.74) is 1.84. The fraction of sp³-hybridized carbons (Fsp3) is 0.0714. The molecule has 1 atom stereocenters. The Hall–Kier alpha value is -1.69. The zero-order valence-corrected chi connectivity index (χ0v) is 11.9. The molecule has 20 heavy (non-hydrogen) atoms. The Morgan fingerprint density at radius 2 is 1.95 bits per heavy atom. The fourth-order valence-corrected chi connectivity index (χ4v) is 3.45. The third-order valence-electron chi connectivity index (χ3n) is 2.92. The number of pyridine rings is 1. The highest BCUT2D eigenvalue weighted by Crippen LogP contribution is 2.23. The van der Waals surface area contributed by atoms with Crippen LogP contribution in [0.4, 0.5) is 0 Å². The molecule has 0 aliphatic heterocycles. The molecule has 6 heteroatoms. The van der Waals surface area contributed by atoms with E-state index in [9.17, 15) is 9.32 Å². The van der Waals surface area contributed by atoms with E-state index in [0.29, 0.717) is 26.8 Å². The van der Waals surface area contributed by atoms with Crippen molar-refractivity contribution in [3.05, 3.63) is 59.4 Å². The molecule has 3 aromatic rings. The molecule has 0 saturated carbocycles. The van der Waals surface area contributed by atoms with Crippen molar-refractivity contribution >= 4 is 33.6 Å². The number of hydrogen-bond acceptors (Lipinski definition) is 3. The van der Waals surface area contributed by atoms with Gasteiger partial charge in [0.05, 0.1) is 28.2 Å². The number of nitrogens with zero attached hydrogens (tertiary/aromatic N) is 2. The first kappa shape index (κ1) is 13.3. The van der Waals surface area contributed by atoms with Gasteiger partial charge in [0.1, 0.15) is 5.15 Å². The van der Waals surface area contributed by atoms with Crippen LogP contribution in [0.15, 0.2) is 53.4 Å². The summed E-state index contributed by atoms with van der Waals surface area (Å²) in [6.45, 7) is -0.216. The van der Waals surface area contributed by atoms with Gasteiger partial charge in [-0.25, -0.2) is 9.19 Å². The van der Waals surface area contributed by atoms with E-state index >= 15 is 0 Å². The number of hydrogen-bond donors (Lipinski definition) is 1. The van der Waals surface area contributed by atoms with Crippen LogP contribution in [0.3, 0.4) is 0 Å². The van der Waals surface area contributed by atoms with Crippen LogP contribution < -0.4 is 0 Å². The summed E-state index contributed by atoms with van der Waals surface area (Å²) >= 11 is 5.86. The Labute approximate surface area is 123 Å².